The van der Waals surface area contributed by atoms with Crippen molar-refractivity contribution in [3.05, 3.63) is 53.9 Å². The average Bonchev–Trinajstić information content (AvgIpc) is 3.86. The highest BCUT2D eigenvalue weighted by Crippen LogP contribution is 2.33. The van der Waals surface area contributed by atoms with Crippen molar-refractivity contribution in [2.75, 3.05) is 27.1 Å². The fraction of sp³-hybridized carbons (Fsp3) is 0.531. The molecule has 12 nitrogen and oxygen atoms in total. The van der Waals surface area contributed by atoms with Gasteiger partial charge < -0.3 is 33.7 Å². The Morgan fingerprint density at radius 1 is 1.09 bits per heavy atom. The maximum absolute atomic E-state index is 13.4. The SMILES string of the molecule is COc1ccnc(C(=O)NC2COCC(CCc3ccccc3)C(OC(=O)C3CC3)C(C)OC2=O)c1OCOC(=O)C(C)C. The van der Waals surface area contributed by atoms with E-state index >= 15 is 0 Å². The van der Waals surface area contributed by atoms with Gasteiger partial charge in [-0.1, -0.05) is 44.2 Å². The molecular formula is C32H40N2O10. The Labute approximate surface area is 256 Å². The summed E-state index contributed by atoms with van der Waals surface area (Å²) in [5.41, 5.74) is 0.930. The summed E-state index contributed by atoms with van der Waals surface area (Å²) in [7, 11) is 1.38. The van der Waals surface area contributed by atoms with Crippen LogP contribution < -0.4 is 14.8 Å². The summed E-state index contributed by atoms with van der Waals surface area (Å²) in [5.74, 6) is -2.95. The van der Waals surface area contributed by atoms with Gasteiger partial charge in [-0.25, -0.2) is 9.78 Å². The number of esters is 3. The summed E-state index contributed by atoms with van der Waals surface area (Å²) in [6, 6.07) is 10.2. The second-order valence-electron chi connectivity index (χ2n) is 11.2. The molecule has 1 saturated carbocycles. The predicted molar refractivity (Wildman–Crippen MR) is 156 cm³/mol. The van der Waals surface area contributed by atoms with Gasteiger partial charge in [0.2, 0.25) is 6.79 Å². The summed E-state index contributed by atoms with van der Waals surface area (Å²) in [5, 5.41) is 2.61. The van der Waals surface area contributed by atoms with Crippen molar-refractivity contribution >= 4 is 23.8 Å². The molecule has 2 heterocycles. The lowest BCUT2D eigenvalue weighted by Crippen LogP contribution is -2.46. The van der Waals surface area contributed by atoms with E-state index in [9.17, 15) is 19.2 Å². The lowest BCUT2D eigenvalue weighted by molar-refractivity contribution is -0.172. The quantitative estimate of drug-likeness (QED) is 0.214. The number of nitrogens with zero attached hydrogens (tertiary/aromatic N) is 1. The second-order valence-corrected chi connectivity index (χ2v) is 11.2. The Bertz CT molecular complexity index is 1300. The molecule has 1 amide bonds. The van der Waals surface area contributed by atoms with Crippen LogP contribution in [0.1, 0.15) is 56.1 Å². The second kappa shape index (κ2) is 15.5. The van der Waals surface area contributed by atoms with Gasteiger partial charge in [0.05, 0.1) is 32.2 Å². The Morgan fingerprint density at radius 3 is 2.52 bits per heavy atom. The normalized spacial score (nSPS) is 22.1. The monoisotopic (exact) mass is 612 g/mol. The van der Waals surface area contributed by atoms with Crippen molar-refractivity contribution in [3.8, 4) is 11.5 Å². The van der Waals surface area contributed by atoms with Gasteiger partial charge in [0.15, 0.2) is 23.2 Å². The van der Waals surface area contributed by atoms with E-state index in [2.05, 4.69) is 10.3 Å². The van der Waals surface area contributed by atoms with Crippen LogP contribution in [0.2, 0.25) is 0 Å². The van der Waals surface area contributed by atoms with Crippen LogP contribution in [0.3, 0.4) is 0 Å². The molecule has 44 heavy (non-hydrogen) atoms. The zero-order valence-corrected chi connectivity index (χ0v) is 25.5. The van der Waals surface area contributed by atoms with E-state index in [1.807, 2.05) is 30.3 Å². The third-order valence-corrected chi connectivity index (χ3v) is 7.42. The third kappa shape index (κ3) is 8.91. The van der Waals surface area contributed by atoms with Crippen molar-refractivity contribution in [1.82, 2.24) is 10.3 Å². The van der Waals surface area contributed by atoms with Gasteiger partial charge in [-0.15, -0.1) is 0 Å². The van der Waals surface area contributed by atoms with Crippen molar-refractivity contribution in [3.63, 3.8) is 0 Å². The first-order valence-corrected chi connectivity index (χ1v) is 14.8. The molecule has 2 aromatic rings. The van der Waals surface area contributed by atoms with Crippen molar-refractivity contribution in [2.24, 2.45) is 17.8 Å². The van der Waals surface area contributed by atoms with E-state index < -0.39 is 42.9 Å². The van der Waals surface area contributed by atoms with Crippen LogP contribution in [-0.4, -0.2) is 74.2 Å². The molecule has 1 N–H and O–H groups in total. The fourth-order valence-electron chi connectivity index (χ4n) is 4.73. The zero-order valence-electron chi connectivity index (χ0n) is 25.5. The summed E-state index contributed by atoms with van der Waals surface area (Å²) >= 11 is 0. The minimum Gasteiger partial charge on any atom is -0.493 e. The predicted octanol–water partition coefficient (Wildman–Crippen LogP) is 3.26. The summed E-state index contributed by atoms with van der Waals surface area (Å²) < 4.78 is 33.6. The number of amides is 1. The molecule has 1 saturated heterocycles. The van der Waals surface area contributed by atoms with Gasteiger partial charge in [0.25, 0.3) is 5.91 Å². The van der Waals surface area contributed by atoms with Crippen molar-refractivity contribution in [2.45, 2.75) is 64.7 Å². The molecule has 4 atom stereocenters. The van der Waals surface area contributed by atoms with Crippen LogP contribution in [0.4, 0.5) is 0 Å². The first-order valence-electron chi connectivity index (χ1n) is 14.8. The molecule has 2 aliphatic rings. The van der Waals surface area contributed by atoms with Crippen LogP contribution in [0, 0.1) is 17.8 Å². The number of hydrogen-bond acceptors (Lipinski definition) is 11. The smallest absolute Gasteiger partial charge is 0.331 e. The number of aromatic nitrogens is 1. The largest absolute Gasteiger partial charge is 0.493 e. The molecule has 238 valence electrons. The van der Waals surface area contributed by atoms with Gasteiger partial charge in [-0.3, -0.25) is 14.4 Å². The number of ether oxygens (including phenoxy) is 6. The van der Waals surface area contributed by atoms with Crippen LogP contribution in [-0.2, 0) is 39.8 Å². The van der Waals surface area contributed by atoms with Gasteiger partial charge in [0, 0.05) is 18.2 Å². The number of cyclic esters (lactones) is 1. The first kappa shape index (κ1) is 32.7. The molecule has 0 spiro atoms. The van der Waals surface area contributed by atoms with E-state index in [0.717, 1.165) is 18.4 Å². The topological polar surface area (TPSA) is 149 Å². The number of carbonyl (C=O) groups is 4. The molecule has 1 aliphatic heterocycles. The van der Waals surface area contributed by atoms with Gasteiger partial charge in [-0.2, -0.15) is 0 Å². The van der Waals surface area contributed by atoms with Gasteiger partial charge >= 0.3 is 17.9 Å². The summed E-state index contributed by atoms with van der Waals surface area (Å²) in [6.45, 7) is 4.55. The maximum Gasteiger partial charge on any atom is 0.331 e. The van der Waals surface area contributed by atoms with Gasteiger partial charge in [-0.05, 0) is 38.2 Å². The molecule has 2 fully saturated rings. The third-order valence-electron chi connectivity index (χ3n) is 7.42. The summed E-state index contributed by atoms with van der Waals surface area (Å²) in [4.78, 5) is 55.3. The minimum absolute atomic E-state index is 0.0668. The Morgan fingerprint density at radius 2 is 1.84 bits per heavy atom. The van der Waals surface area contributed by atoms with Crippen molar-refractivity contribution < 1.29 is 47.6 Å². The minimum atomic E-state index is -1.20. The van der Waals surface area contributed by atoms with Crippen LogP contribution in [0.5, 0.6) is 11.5 Å². The zero-order chi connectivity index (χ0) is 31.6. The number of benzene rings is 1. The Balaban J connectivity index is 1.48. The Hall–Kier alpha value is -4.19. The molecule has 4 rings (SSSR count). The molecule has 0 radical (unpaired) electrons. The lowest BCUT2D eigenvalue weighted by Gasteiger charge is -2.30. The highest BCUT2D eigenvalue weighted by atomic mass is 16.7. The number of pyridine rings is 1. The van der Waals surface area contributed by atoms with E-state index in [4.69, 9.17) is 28.4 Å². The first-order chi connectivity index (χ1) is 21.2. The molecule has 12 heteroatoms. The lowest BCUT2D eigenvalue weighted by atomic mass is 9.92. The number of hydrogen-bond donors (Lipinski definition) is 1. The van der Waals surface area contributed by atoms with Crippen LogP contribution in [0.15, 0.2) is 42.6 Å². The average molecular weight is 613 g/mol. The molecule has 1 aliphatic carbocycles. The molecule has 0 bridgehead atoms. The number of methoxy groups -OCH3 is 1. The van der Waals surface area contributed by atoms with Crippen molar-refractivity contribution in [1.29, 1.82) is 0 Å². The molecule has 4 unspecified atom stereocenters. The van der Waals surface area contributed by atoms with E-state index in [0.29, 0.717) is 12.8 Å². The maximum atomic E-state index is 13.4. The standard InChI is InChI=1S/C32H40N2O10/c1-19(2)30(36)42-18-41-28-25(39-4)14-15-33-26(28)29(35)34-24-17-40-16-23(11-10-21-8-6-5-7-9-21)27(20(3)43-32(24)38)44-31(37)22-12-13-22/h5-9,14-15,19-20,22-24,27H,10-13,16-18H2,1-4H3,(H,34,35). The van der Waals surface area contributed by atoms with Crippen LogP contribution >= 0.6 is 0 Å². The highest BCUT2D eigenvalue weighted by molar-refractivity contribution is 5.98. The van der Waals surface area contributed by atoms with E-state index in [-0.39, 0.29) is 54.1 Å². The molecular weight excluding hydrogens is 572 g/mol. The number of nitrogens with one attached hydrogen (secondary N) is 1. The molecule has 1 aromatic heterocycles. The van der Waals surface area contributed by atoms with E-state index in [1.165, 1.54) is 19.4 Å². The van der Waals surface area contributed by atoms with Gasteiger partial charge in [0.1, 0.15) is 12.2 Å². The van der Waals surface area contributed by atoms with Crippen LogP contribution in [0.25, 0.3) is 0 Å². The highest BCUT2D eigenvalue weighted by Gasteiger charge is 2.40. The number of rotatable bonds is 12. The number of carbonyl (C=O) groups excluding carboxylic acids is 4. The Kier molecular flexibility index (Phi) is 11.5. The number of aryl methyl sites for hydroxylation is 1. The van der Waals surface area contributed by atoms with E-state index in [1.54, 1.807) is 20.8 Å². The molecule has 1 aromatic carbocycles. The fourth-order valence-corrected chi connectivity index (χ4v) is 4.73. The summed E-state index contributed by atoms with van der Waals surface area (Å²) in [6.07, 6.45) is 2.73.